The fourth-order valence-electron chi connectivity index (χ4n) is 6.38. The molecule has 12 heteroatoms. The summed E-state index contributed by atoms with van der Waals surface area (Å²) >= 11 is 3.12. The summed E-state index contributed by atoms with van der Waals surface area (Å²) in [5, 5.41) is 19.4. The van der Waals surface area contributed by atoms with Crippen LogP contribution in [0.4, 0.5) is 11.6 Å². The van der Waals surface area contributed by atoms with Gasteiger partial charge in [0.05, 0.1) is 55.1 Å². The van der Waals surface area contributed by atoms with Crippen molar-refractivity contribution in [3.63, 3.8) is 0 Å². The Labute approximate surface area is 280 Å². The topological polar surface area (TPSA) is 125 Å². The fraction of sp³-hybridized carbons (Fsp3) is 0.0556. The van der Waals surface area contributed by atoms with Gasteiger partial charge in [-0.1, -0.05) is 48.5 Å². The van der Waals surface area contributed by atoms with Crippen molar-refractivity contribution in [2.75, 3.05) is 0 Å². The van der Waals surface area contributed by atoms with Crippen LogP contribution in [0.5, 0.6) is 0 Å². The fourth-order valence-corrected chi connectivity index (χ4v) is 9.26. The lowest BCUT2D eigenvalue weighted by atomic mass is 10.1. The van der Waals surface area contributed by atoms with Gasteiger partial charge in [-0.15, -0.1) is 22.7 Å². The lowest BCUT2D eigenvalue weighted by Crippen LogP contribution is -2.08. The van der Waals surface area contributed by atoms with Crippen LogP contribution in [-0.4, -0.2) is 32.1 Å². The van der Waals surface area contributed by atoms with Crippen LogP contribution in [0.25, 0.3) is 50.7 Å². The highest BCUT2D eigenvalue weighted by Crippen LogP contribution is 2.48. The van der Waals surface area contributed by atoms with E-state index in [0.29, 0.717) is 33.9 Å². The summed E-state index contributed by atoms with van der Waals surface area (Å²) in [7, 11) is 3.74. The van der Waals surface area contributed by atoms with E-state index in [-0.39, 0.29) is 45.5 Å². The van der Waals surface area contributed by atoms with E-state index < -0.39 is 0 Å². The van der Waals surface area contributed by atoms with E-state index in [0.717, 1.165) is 29.8 Å². The van der Waals surface area contributed by atoms with E-state index in [1.54, 1.807) is 71.2 Å². The van der Waals surface area contributed by atoms with Crippen molar-refractivity contribution < 1.29 is 9.59 Å². The van der Waals surface area contributed by atoms with Gasteiger partial charge in [-0.25, -0.2) is 30.2 Å². The predicted octanol–water partition coefficient (Wildman–Crippen LogP) is 8.19. The van der Waals surface area contributed by atoms with E-state index >= 15 is 0 Å². The molecule has 0 saturated carbocycles. The first-order valence-electron chi connectivity index (χ1n) is 14.3. The van der Waals surface area contributed by atoms with Crippen molar-refractivity contribution in [2.45, 2.75) is 0 Å². The van der Waals surface area contributed by atoms with Gasteiger partial charge in [-0.2, -0.15) is 0 Å². The third-order valence-corrected chi connectivity index (χ3v) is 10.9. The quantitative estimate of drug-likeness (QED) is 0.138. The molecular formula is C36H16N8O2S2. The number of aryl methyl sites for hydroxylation is 2. The second-order valence-corrected chi connectivity index (χ2v) is 13.1. The molecule has 4 aromatic heterocycles. The molecule has 2 aliphatic rings. The Morgan fingerprint density at radius 2 is 1.06 bits per heavy atom. The van der Waals surface area contributed by atoms with Crippen LogP contribution in [0.15, 0.2) is 82.0 Å². The van der Waals surface area contributed by atoms with Gasteiger partial charge in [0.25, 0.3) is 11.4 Å². The number of Topliss-reactive ketones (excluding diaryl/α,β-unsaturated/α-hetero) is 2. The van der Waals surface area contributed by atoms with Crippen molar-refractivity contribution in [1.82, 2.24) is 9.13 Å². The van der Waals surface area contributed by atoms with Crippen LogP contribution in [0.2, 0.25) is 0 Å². The number of nitrogens with zero attached hydrogens (tertiary/aromatic N) is 8. The van der Waals surface area contributed by atoms with Gasteiger partial charge in [-0.05, 0) is 11.1 Å². The molecule has 0 saturated heterocycles. The molecular weight excluding hydrogens is 641 g/mol. The zero-order valence-corrected chi connectivity index (χ0v) is 26.6. The van der Waals surface area contributed by atoms with Gasteiger partial charge in [0.1, 0.15) is 23.1 Å². The maximum absolute atomic E-state index is 13.4. The zero-order chi connectivity index (χ0) is 33.4. The maximum Gasteiger partial charge on any atom is 0.271 e. The minimum Gasteiger partial charge on any atom is -0.327 e. The summed E-state index contributed by atoms with van der Waals surface area (Å²) < 4.78 is 7.74. The maximum atomic E-state index is 13.4. The molecule has 0 unspecified atom stereocenters. The number of nitriles is 2. The van der Waals surface area contributed by atoms with Crippen molar-refractivity contribution in [1.29, 1.82) is 10.5 Å². The Morgan fingerprint density at radius 1 is 0.688 bits per heavy atom. The highest BCUT2D eigenvalue weighted by Gasteiger charge is 2.35. The summed E-state index contributed by atoms with van der Waals surface area (Å²) in [6.45, 7) is 15.1. The van der Waals surface area contributed by atoms with E-state index in [1.807, 2.05) is 47.5 Å². The number of fused-ring (bicyclic) bond motifs is 7. The van der Waals surface area contributed by atoms with Gasteiger partial charge in [-0.3, -0.25) is 9.59 Å². The Morgan fingerprint density at radius 3 is 1.42 bits per heavy atom. The van der Waals surface area contributed by atoms with Gasteiger partial charge < -0.3 is 9.13 Å². The molecule has 0 atom stereocenters. The molecule has 6 aromatic rings. The number of thiophene rings is 2. The molecule has 10 nitrogen and oxygen atoms in total. The van der Waals surface area contributed by atoms with Gasteiger partial charge in [0, 0.05) is 48.5 Å². The van der Waals surface area contributed by atoms with Crippen LogP contribution in [0, 0.1) is 35.8 Å². The Bertz CT molecular complexity index is 2610. The molecule has 0 amide bonds. The molecule has 2 aromatic carbocycles. The molecule has 224 valence electrons. The number of allylic oxidation sites excluding steroid dienone is 4. The summed E-state index contributed by atoms with van der Waals surface area (Å²) in [5.74, 6) is 0.376. The van der Waals surface area contributed by atoms with Crippen LogP contribution in [0.1, 0.15) is 31.8 Å². The number of rotatable bonds is 2. The molecule has 8 rings (SSSR count). The van der Waals surface area contributed by atoms with Gasteiger partial charge >= 0.3 is 0 Å². The number of benzene rings is 2. The molecule has 0 N–H and O–H groups in total. The summed E-state index contributed by atoms with van der Waals surface area (Å²) in [6.07, 6.45) is 0. The van der Waals surface area contributed by atoms with Crippen molar-refractivity contribution in [2.24, 2.45) is 24.1 Å². The van der Waals surface area contributed by atoms with Gasteiger partial charge in [0.2, 0.25) is 11.6 Å². The Balaban J connectivity index is 1.26. The van der Waals surface area contributed by atoms with E-state index in [1.165, 1.54) is 0 Å². The highest BCUT2D eigenvalue weighted by atomic mass is 32.1. The predicted molar refractivity (Wildman–Crippen MR) is 187 cm³/mol. The zero-order valence-electron chi connectivity index (χ0n) is 25.0. The Kier molecular flexibility index (Phi) is 6.24. The van der Waals surface area contributed by atoms with Crippen LogP contribution >= 0.6 is 22.7 Å². The van der Waals surface area contributed by atoms with E-state index in [4.69, 9.17) is 23.1 Å². The van der Waals surface area contributed by atoms with E-state index in [2.05, 4.69) is 9.69 Å². The number of aromatic nitrogens is 2. The second kappa shape index (κ2) is 10.4. The van der Waals surface area contributed by atoms with Crippen LogP contribution in [-0.2, 0) is 14.1 Å². The van der Waals surface area contributed by atoms with Gasteiger partial charge in [0.15, 0.2) is 0 Å². The van der Waals surface area contributed by atoms with Crippen LogP contribution in [0.3, 0.4) is 0 Å². The molecule has 0 aliphatic heterocycles. The Hall–Kier alpha value is -6.70. The first-order valence-corrected chi connectivity index (χ1v) is 15.9. The first-order chi connectivity index (χ1) is 23.3. The number of carbonyl (C=O) groups is 2. The van der Waals surface area contributed by atoms with E-state index in [9.17, 15) is 20.1 Å². The lowest BCUT2D eigenvalue weighted by molar-refractivity contribution is 0.106. The molecule has 0 spiro atoms. The monoisotopic (exact) mass is 656 g/mol. The molecule has 0 bridgehead atoms. The average Bonchev–Trinajstić information content (AvgIpc) is 3.90. The SMILES string of the molecule is [C-]#[N+]C(C#N)=C1C(=Nc2cc3sc4c(sc5cc(N=C6C(=O)c7ccccc7/C6=C(/C#N)[N+]#[C-])n(C)c54)c3n2C)C(=O)c2ccccc21. The first kappa shape index (κ1) is 28.8. The summed E-state index contributed by atoms with van der Waals surface area (Å²) in [5.41, 5.74) is 4.03. The molecule has 0 fully saturated rings. The number of carbonyl (C=O) groups excluding carboxylic acids is 2. The normalized spacial score (nSPS) is 17.5. The van der Waals surface area contributed by atoms with Crippen molar-refractivity contribution in [3.8, 4) is 12.1 Å². The van der Waals surface area contributed by atoms with Crippen molar-refractivity contribution >= 4 is 98.3 Å². The average molecular weight is 657 g/mol. The number of hydrogen-bond donors (Lipinski definition) is 0. The highest BCUT2D eigenvalue weighted by molar-refractivity contribution is 7.36. The molecule has 48 heavy (non-hydrogen) atoms. The summed E-state index contributed by atoms with van der Waals surface area (Å²) in [6, 6.07) is 21.5. The minimum atomic E-state index is -0.331. The molecule has 2 aliphatic carbocycles. The standard InChI is InChI=1S/C36H16N8O2S2/c1-39-21(15-37)27-17-9-5-7-11-19(17)33(45)29(27)41-25-13-23-31(43(25)3)35-36(47-23)32-24(48-35)14-26(44(32)4)42-30-28(22(16-38)40-2)18-10-6-8-12-20(18)34(30)46/h5-14H,3-4H3/b27-21+,28-22?,41-29?,42-30?. The largest absolute Gasteiger partial charge is 0.327 e. The molecule has 4 heterocycles. The lowest BCUT2D eigenvalue weighted by Gasteiger charge is -2.04. The van der Waals surface area contributed by atoms with Crippen LogP contribution < -0.4 is 0 Å². The van der Waals surface area contributed by atoms with Crippen molar-refractivity contribution in [3.05, 3.63) is 117 Å². The third kappa shape index (κ3) is 3.79. The summed E-state index contributed by atoms with van der Waals surface area (Å²) in [4.78, 5) is 43.1. The minimum absolute atomic E-state index is 0.0724. The third-order valence-electron chi connectivity index (χ3n) is 8.55. The second-order valence-electron chi connectivity index (χ2n) is 11.0. The molecule has 0 radical (unpaired) electrons. The smallest absolute Gasteiger partial charge is 0.271 e. The number of ketones is 2. The number of aliphatic imine (C=N–C) groups is 2. The number of hydrogen-bond acceptors (Lipinski definition) is 8.